The predicted octanol–water partition coefficient (Wildman–Crippen LogP) is 4.50. The van der Waals surface area contributed by atoms with Gasteiger partial charge in [-0.2, -0.15) is 0 Å². The maximum atomic E-state index is 13.7. The van der Waals surface area contributed by atoms with Crippen LogP contribution in [0.2, 0.25) is 10.0 Å². The van der Waals surface area contributed by atoms with E-state index in [1.807, 2.05) is 24.3 Å². The van der Waals surface area contributed by atoms with Crippen molar-refractivity contribution >= 4 is 68.6 Å². The Bertz CT molecular complexity index is 1180. The van der Waals surface area contributed by atoms with Crippen LogP contribution in [-0.4, -0.2) is 51.9 Å². The molecular weight excluding hydrogens is 549 g/mol. The van der Waals surface area contributed by atoms with E-state index in [0.717, 1.165) is 14.9 Å². The Kier molecular flexibility index (Phi) is 6.63. The number of urea groups is 1. The number of rotatable bonds is 6. The zero-order valence-corrected chi connectivity index (χ0v) is 21.1. The number of imide groups is 1. The maximum Gasteiger partial charge on any atom is 0.332 e. The number of anilines is 1. The Balaban J connectivity index is 1.66. The number of aliphatic carboxylic acids is 1. The third-order valence-electron chi connectivity index (χ3n) is 6.15. The molecule has 0 bridgehead atoms. The summed E-state index contributed by atoms with van der Waals surface area (Å²) < 4.78 is 0.915. The molecule has 0 aromatic heterocycles. The minimum Gasteiger partial charge on any atom is -0.480 e. The maximum absolute atomic E-state index is 13.7. The lowest BCUT2D eigenvalue weighted by molar-refractivity contribution is -0.138. The zero-order chi connectivity index (χ0) is 24.8. The van der Waals surface area contributed by atoms with Crippen molar-refractivity contribution in [3.63, 3.8) is 0 Å². The highest BCUT2D eigenvalue weighted by molar-refractivity contribution is 9.10. The quantitative estimate of drug-likeness (QED) is 0.499. The van der Waals surface area contributed by atoms with Gasteiger partial charge in [0.05, 0.1) is 21.3 Å². The first kappa shape index (κ1) is 24.5. The SMILES string of the molecule is C[C@H](NC(=O)c1c(Cl)cc(N2C(=O)N3CCCC3(Cc3ccc(Br)cc3)C2=O)cc1Cl)C(=O)O. The first-order chi connectivity index (χ1) is 16.0. The molecule has 1 unspecified atom stereocenters. The Hall–Kier alpha value is -2.62. The Morgan fingerprint density at radius 2 is 1.79 bits per heavy atom. The number of carboxylic acids is 1. The summed E-state index contributed by atoms with van der Waals surface area (Å²) in [5.41, 5.74) is -0.0629. The van der Waals surface area contributed by atoms with Crippen LogP contribution < -0.4 is 10.2 Å². The van der Waals surface area contributed by atoms with Crippen molar-refractivity contribution in [1.82, 2.24) is 10.2 Å². The van der Waals surface area contributed by atoms with E-state index in [2.05, 4.69) is 21.2 Å². The molecule has 2 aliphatic heterocycles. The molecule has 0 spiro atoms. The third kappa shape index (κ3) is 4.16. The van der Waals surface area contributed by atoms with Gasteiger partial charge in [-0.3, -0.25) is 14.4 Å². The van der Waals surface area contributed by atoms with Gasteiger partial charge in [0.15, 0.2) is 0 Å². The van der Waals surface area contributed by atoms with Gasteiger partial charge in [-0.25, -0.2) is 9.69 Å². The summed E-state index contributed by atoms with van der Waals surface area (Å²) in [6.07, 6.45) is 1.61. The van der Waals surface area contributed by atoms with Gasteiger partial charge in [-0.1, -0.05) is 51.3 Å². The lowest BCUT2D eigenvalue weighted by Crippen LogP contribution is -2.47. The van der Waals surface area contributed by atoms with Gasteiger partial charge in [-0.05, 0) is 49.6 Å². The second-order valence-corrected chi connectivity index (χ2v) is 10.1. The second-order valence-electron chi connectivity index (χ2n) is 8.33. The molecule has 4 amide bonds. The monoisotopic (exact) mass is 567 g/mol. The van der Waals surface area contributed by atoms with Gasteiger partial charge in [0, 0.05) is 17.4 Å². The van der Waals surface area contributed by atoms with Crippen LogP contribution in [-0.2, 0) is 16.0 Å². The number of nitrogens with one attached hydrogen (secondary N) is 1. The third-order valence-corrected chi connectivity index (χ3v) is 7.28. The van der Waals surface area contributed by atoms with Gasteiger partial charge >= 0.3 is 12.0 Å². The summed E-state index contributed by atoms with van der Waals surface area (Å²) in [6.45, 7) is 1.75. The number of hydrogen-bond acceptors (Lipinski definition) is 4. The van der Waals surface area contributed by atoms with Crippen LogP contribution in [0.1, 0.15) is 35.7 Å². The number of hydrogen-bond donors (Lipinski definition) is 2. The minimum atomic E-state index is -1.22. The van der Waals surface area contributed by atoms with E-state index in [-0.39, 0.29) is 27.2 Å². The highest BCUT2D eigenvalue weighted by Gasteiger charge is 2.59. The van der Waals surface area contributed by atoms with Crippen molar-refractivity contribution in [2.24, 2.45) is 0 Å². The van der Waals surface area contributed by atoms with Crippen molar-refractivity contribution < 1.29 is 24.3 Å². The summed E-state index contributed by atoms with van der Waals surface area (Å²) in [6, 6.07) is 8.61. The van der Waals surface area contributed by atoms with E-state index in [1.165, 1.54) is 19.1 Å². The highest BCUT2D eigenvalue weighted by atomic mass is 79.9. The van der Waals surface area contributed by atoms with E-state index < -0.39 is 29.5 Å². The van der Waals surface area contributed by atoms with Crippen molar-refractivity contribution in [1.29, 1.82) is 0 Å². The average molecular weight is 569 g/mol. The largest absolute Gasteiger partial charge is 0.480 e. The zero-order valence-electron chi connectivity index (χ0n) is 18.0. The fraction of sp³-hybridized carbons (Fsp3) is 0.304. The summed E-state index contributed by atoms with van der Waals surface area (Å²) in [5.74, 6) is -2.37. The molecule has 4 rings (SSSR count). The van der Waals surface area contributed by atoms with Gasteiger partial charge in [0.25, 0.3) is 11.8 Å². The number of fused-ring (bicyclic) bond motifs is 1. The summed E-state index contributed by atoms with van der Waals surface area (Å²) >= 11 is 16.0. The van der Waals surface area contributed by atoms with Crippen LogP contribution in [0, 0.1) is 0 Å². The van der Waals surface area contributed by atoms with E-state index in [4.69, 9.17) is 28.3 Å². The van der Waals surface area contributed by atoms with Crippen LogP contribution in [0.15, 0.2) is 40.9 Å². The van der Waals surface area contributed by atoms with Gasteiger partial charge in [-0.15, -0.1) is 0 Å². The number of benzene rings is 2. The molecule has 0 aliphatic carbocycles. The normalized spacial score (nSPS) is 20.5. The number of nitrogens with zero attached hydrogens (tertiary/aromatic N) is 2. The fourth-order valence-electron chi connectivity index (χ4n) is 4.46. The van der Waals surface area contributed by atoms with Crippen LogP contribution in [0.4, 0.5) is 10.5 Å². The molecular formula is C23H20BrCl2N3O5. The molecule has 11 heteroatoms. The highest BCUT2D eigenvalue weighted by Crippen LogP contribution is 2.43. The van der Waals surface area contributed by atoms with Crippen molar-refractivity contribution in [3.05, 3.63) is 62.0 Å². The molecule has 8 nitrogen and oxygen atoms in total. The number of carboxylic acid groups (broad SMARTS) is 1. The fourth-order valence-corrected chi connectivity index (χ4v) is 5.37. The van der Waals surface area contributed by atoms with Crippen LogP contribution in [0.3, 0.4) is 0 Å². The van der Waals surface area contributed by atoms with Gasteiger partial charge < -0.3 is 15.3 Å². The number of carbonyl (C=O) groups excluding carboxylic acids is 3. The summed E-state index contributed by atoms with van der Waals surface area (Å²) in [7, 11) is 0. The molecule has 0 radical (unpaired) electrons. The van der Waals surface area contributed by atoms with Crippen LogP contribution in [0.25, 0.3) is 0 Å². The van der Waals surface area contributed by atoms with E-state index in [1.54, 1.807) is 4.90 Å². The molecule has 0 saturated carbocycles. The minimum absolute atomic E-state index is 0.104. The Morgan fingerprint density at radius 1 is 1.18 bits per heavy atom. The average Bonchev–Trinajstić information content (AvgIpc) is 3.26. The second kappa shape index (κ2) is 9.20. The van der Waals surface area contributed by atoms with Crippen LogP contribution in [0.5, 0.6) is 0 Å². The van der Waals surface area contributed by atoms with Crippen LogP contribution >= 0.6 is 39.1 Å². The summed E-state index contributed by atoms with van der Waals surface area (Å²) in [5, 5.41) is 11.1. The van der Waals surface area contributed by atoms with E-state index >= 15 is 0 Å². The number of amides is 4. The number of halogens is 3. The molecule has 34 heavy (non-hydrogen) atoms. The molecule has 2 heterocycles. The van der Waals surface area contributed by atoms with Crippen molar-refractivity contribution in [2.75, 3.05) is 11.4 Å². The predicted molar refractivity (Wildman–Crippen MR) is 130 cm³/mol. The van der Waals surface area contributed by atoms with E-state index in [0.29, 0.717) is 25.8 Å². The smallest absolute Gasteiger partial charge is 0.332 e. The molecule has 2 aromatic rings. The van der Waals surface area contributed by atoms with Crippen molar-refractivity contribution in [3.8, 4) is 0 Å². The summed E-state index contributed by atoms with van der Waals surface area (Å²) in [4.78, 5) is 53.2. The molecule has 2 atom stereocenters. The first-order valence-electron chi connectivity index (χ1n) is 10.5. The Labute approximate surface area is 213 Å². The molecule has 2 aromatic carbocycles. The standard InChI is InChI=1S/C23H20BrCl2N3O5/c1-12(20(31)32)27-19(30)18-16(25)9-15(10-17(18)26)29-21(33)23(7-2-8-28(23)22(29)34)11-13-3-5-14(24)6-4-13/h3-6,9-10,12H,2,7-8,11H2,1H3,(H,27,30)(H,31,32)/t12-,23?/m0/s1. The van der Waals surface area contributed by atoms with Gasteiger partial charge in [0.1, 0.15) is 11.6 Å². The molecule has 2 aliphatic rings. The molecule has 2 fully saturated rings. The van der Waals surface area contributed by atoms with Gasteiger partial charge in [0.2, 0.25) is 0 Å². The molecule has 2 saturated heterocycles. The Morgan fingerprint density at radius 3 is 2.38 bits per heavy atom. The molecule has 2 N–H and O–H groups in total. The molecule has 178 valence electrons. The lowest BCUT2D eigenvalue weighted by Gasteiger charge is -2.28. The first-order valence-corrected chi connectivity index (χ1v) is 12.0. The van der Waals surface area contributed by atoms with E-state index in [9.17, 15) is 19.2 Å². The number of carbonyl (C=O) groups is 4. The lowest BCUT2D eigenvalue weighted by atomic mass is 9.88. The van der Waals surface area contributed by atoms with Crippen molar-refractivity contribution in [2.45, 2.75) is 37.8 Å². The topological polar surface area (TPSA) is 107 Å².